The molecule has 2 atom stereocenters. The summed E-state index contributed by atoms with van der Waals surface area (Å²) in [4.78, 5) is 15.6. The molecule has 1 heterocycles. The molecule has 196 valence electrons. The van der Waals surface area contributed by atoms with E-state index in [2.05, 4.69) is 29.3 Å². The Bertz CT molecular complexity index is 1280. The molecule has 3 aromatic carbocycles. The molecular formula is C29H35N3O4S. The van der Waals surface area contributed by atoms with Crippen LogP contribution < -0.4 is 19.3 Å². The zero-order chi connectivity index (χ0) is 26.4. The Morgan fingerprint density at radius 2 is 1.73 bits per heavy atom. The molecule has 8 heteroatoms. The molecule has 0 aromatic heterocycles. The Labute approximate surface area is 220 Å². The number of hydrogen-bond acceptors (Lipinski definition) is 5. The van der Waals surface area contributed by atoms with Crippen molar-refractivity contribution in [2.45, 2.75) is 37.6 Å². The Balaban J connectivity index is 1.49. The lowest BCUT2D eigenvalue weighted by atomic mass is 9.99. The number of carbonyl (C=O) groups is 1. The maximum absolute atomic E-state index is 13.5. The molecule has 7 nitrogen and oxygen atoms in total. The first kappa shape index (κ1) is 26.5. The Hall–Kier alpha value is -3.52. The van der Waals surface area contributed by atoms with Crippen molar-refractivity contribution < 1.29 is 17.9 Å². The molecule has 0 bridgehead atoms. The molecule has 1 aliphatic rings. The highest BCUT2D eigenvalue weighted by Gasteiger charge is 2.27. The molecule has 0 saturated carbocycles. The summed E-state index contributed by atoms with van der Waals surface area (Å²) in [6.45, 7) is 5.96. The van der Waals surface area contributed by atoms with E-state index in [9.17, 15) is 13.2 Å². The highest BCUT2D eigenvalue weighted by atomic mass is 32.2. The number of nitrogens with one attached hydrogen (secondary N) is 1. The second-order valence-corrected chi connectivity index (χ2v) is 11.5. The summed E-state index contributed by atoms with van der Waals surface area (Å²) in [5, 5.41) is 2.97. The number of anilines is 2. The van der Waals surface area contributed by atoms with Crippen molar-refractivity contribution >= 4 is 27.3 Å². The van der Waals surface area contributed by atoms with Crippen LogP contribution in [0.25, 0.3) is 0 Å². The van der Waals surface area contributed by atoms with Crippen LogP contribution in [0.2, 0.25) is 0 Å². The van der Waals surface area contributed by atoms with Crippen LogP contribution in [0.15, 0.2) is 83.8 Å². The molecule has 3 aromatic rings. The highest BCUT2D eigenvalue weighted by molar-refractivity contribution is 7.92. The molecule has 0 aliphatic carbocycles. The molecular weight excluding hydrogens is 486 g/mol. The number of methoxy groups -OCH3 is 1. The Kier molecular flexibility index (Phi) is 8.38. The van der Waals surface area contributed by atoms with Gasteiger partial charge in [-0.25, -0.2) is 8.42 Å². The number of hydrogen-bond donors (Lipinski definition) is 1. The van der Waals surface area contributed by atoms with Gasteiger partial charge in [0.2, 0.25) is 5.91 Å². The average Bonchev–Trinajstić information content (AvgIpc) is 2.92. The van der Waals surface area contributed by atoms with Crippen LogP contribution in [-0.4, -0.2) is 41.1 Å². The number of amides is 1. The molecule has 2 unspecified atom stereocenters. The van der Waals surface area contributed by atoms with Crippen LogP contribution in [0.5, 0.6) is 5.75 Å². The number of benzene rings is 3. The first-order valence-corrected chi connectivity index (χ1v) is 14.1. The van der Waals surface area contributed by atoms with Crippen molar-refractivity contribution in [1.82, 2.24) is 5.32 Å². The summed E-state index contributed by atoms with van der Waals surface area (Å²) >= 11 is 0. The largest absolute Gasteiger partial charge is 0.497 e. The number of nitrogens with zero attached hydrogens (tertiary/aromatic N) is 2. The normalized spacial score (nSPS) is 16.6. The molecule has 1 amide bonds. The van der Waals surface area contributed by atoms with Gasteiger partial charge in [-0.05, 0) is 79.8 Å². The fraction of sp³-hybridized carbons (Fsp3) is 0.345. The highest BCUT2D eigenvalue weighted by Crippen LogP contribution is 2.27. The number of carbonyl (C=O) groups excluding carboxylic acids is 1. The van der Waals surface area contributed by atoms with Gasteiger partial charge >= 0.3 is 0 Å². The van der Waals surface area contributed by atoms with Gasteiger partial charge in [0.25, 0.3) is 10.0 Å². The lowest BCUT2D eigenvalue weighted by molar-refractivity contribution is -0.120. The zero-order valence-corrected chi connectivity index (χ0v) is 22.4. The summed E-state index contributed by atoms with van der Waals surface area (Å²) in [6.07, 6.45) is 2.47. The first-order chi connectivity index (χ1) is 17.8. The first-order valence-electron chi connectivity index (χ1n) is 12.6. The van der Waals surface area contributed by atoms with E-state index in [0.717, 1.165) is 23.0 Å². The summed E-state index contributed by atoms with van der Waals surface area (Å²) in [7, 11) is -2.42. The van der Waals surface area contributed by atoms with Crippen molar-refractivity contribution in [3.05, 3.63) is 84.4 Å². The standard InChI is InChI=1S/C29H35N3O4S/c1-22-8-7-19-31(20-22)25-13-11-24(12-14-25)23(2)30-29(33)21-32(26-15-17-27(36-3)18-16-26)37(34,35)28-9-5-4-6-10-28/h4-6,9-18,22-23H,7-8,19-21H2,1-3H3,(H,30,33). The third kappa shape index (κ3) is 6.43. The number of rotatable bonds is 9. The molecule has 1 aliphatic heterocycles. The van der Waals surface area contributed by atoms with Crippen LogP contribution in [0.3, 0.4) is 0 Å². The Morgan fingerprint density at radius 1 is 1.05 bits per heavy atom. The molecule has 0 radical (unpaired) electrons. The van der Waals surface area contributed by atoms with Crippen LogP contribution in [0.4, 0.5) is 11.4 Å². The SMILES string of the molecule is COc1ccc(N(CC(=O)NC(C)c2ccc(N3CCCC(C)C3)cc2)S(=O)(=O)c2ccccc2)cc1. The quantitative estimate of drug-likeness (QED) is 0.429. The molecule has 0 spiro atoms. The van der Waals surface area contributed by atoms with Crippen LogP contribution >= 0.6 is 0 Å². The minimum atomic E-state index is -3.97. The van der Waals surface area contributed by atoms with Crippen molar-refractivity contribution in [2.24, 2.45) is 5.92 Å². The van der Waals surface area contributed by atoms with E-state index in [-0.39, 0.29) is 17.5 Å². The van der Waals surface area contributed by atoms with Gasteiger partial charge in [-0.1, -0.05) is 37.3 Å². The summed E-state index contributed by atoms with van der Waals surface area (Å²) < 4.78 is 33.3. The van der Waals surface area contributed by atoms with Crippen LogP contribution in [0, 0.1) is 5.92 Å². The smallest absolute Gasteiger partial charge is 0.264 e. The summed E-state index contributed by atoms with van der Waals surface area (Å²) in [5.41, 5.74) is 2.53. The second kappa shape index (κ2) is 11.7. The minimum Gasteiger partial charge on any atom is -0.497 e. The van der Waals surface area contributed by atoms with E-state index in [4.69, 9.17) is 4.74 Å². The maximum Gasteiger partial charge on any atom is 0.264 e. The van der Waals surface area contributed by atoms with Crippen molar-refractivity contribution in [2.75, 3.05) is 35.9 Å². The molecule has 37 heavy (non-hydrogen) atoms. The number of sulfonamides is 1. The third-order valence-corrected chi connectivity index (χ3v) is 8.56. The van der Waals surface area contributed by atoms with Gasteiger partial charge < -0.3 is 15.0 Å². The minimum absolute atomic E-state index is 0.120. The molecule has 1 saturated heterocycles. The second-order valence-electron chi connectivity index (χ2n) is 9.60. The lowest BCUT2D eigenvalue weighted by Crippen LogP contribution is -2.41. The van der Waals surface area contributed by atoms with Gasteiger partial charge in [-0.15, -0.1) is 0 Å². The summed E-state index contributed by atoms with van der Waals surface area (Å²) in [6, 6.07) is 22.7. The van der Waals surface area contributed by atoms with E-state index in [0.29, 0.717) is 17.4 Å². The predicted octanol–water partition coefficient (Wildman–Crippen LogP) is 5.00. The van der Waals surface area contributed by atoms with Gasteiger partial charge in [0, 0.05) is 18.8 Å². The monoisotopic (exact) mass is 521 g/mol. The van der Waals surface area contributed by atoms with Gasteiger partial charge in [0.05, 0.1) is 23.7 Å². The third-order valence-electron chi connectivity index (χ3n) is 6.77. The molecule has 4 rings (SSSR count). The van der Waals surface area contributed by atoms with Gasteiger partial charge in [-0.2, -0.15) is 0 Å². The average molecular weight is 522 g/mol. The van der Waals surface area contributed by atoms with E-state index >= 15 is 0 Å². The lowest BCUT2D eigenvalue weighted by Gasteiger charge is -2.33. The van der Waals surface area contributed by atoms with Crippen molar-refractivity contribution in [1.29, 1.82) is 0 Å². The number of ether oxygens (including phenoxy) is 1. The maximum atomic E-state index is 13.5. The van der Waals surface area contributed by atoms with Crippen molar-refractivity contribution in [3.63, 3.8) is 0 Å². The predicted molar refractivity (Wildman–Crippen MR) is 148 cm³/mol. The Morgan fingerprint density at radius 3 is 2.35 bits per heavy atom. The molecule has 1 fully saturated rings. The topological polar surface area (TPSA) is 79.0 Å². The van der Waals surface area contributed by atoms with Gasteiger partial charge in [-0.3, -0.25) is 9.10 Å². The van der Waals surface area contributed by atoms with E-state index < -0.39 is 15.9 Å². The fourth-order valence-corrected chi connectivity index (χ4v) is 6.12. The number of piperidine rings is 1. The van der Waals surface area contributed by atoms with Crippen LogP contribution in [-0.2, 0) is 14.8 Å². The van der Waals surface area contributed by atoms with E-state index in [1.807, 2.05) is 19.1 Å². The van der Waals surface area contributed by atoms with Crippen molar-refractivity contribution in [3.8, 4) is 5.75 Å². The zero-order valence-electron chi connectivity index (χ0n) is 21.6. The van der Waals surface area contributed by atoms with E-state index in [1.54, 1.807) is 49.6 Å². The van der Waals surface area contributed by atoms with E-state index in [1.165, 1.54) is 30.7 Å². The van der Waals surface area contributed by atoms with Gasteiger partial charge in [0.15, 0.2) is 0 Å². The summed E-state index contributed by atoms with van der Waals surface area (Å²) in [5.74, 6) is 0.894. The fourth-order valence-electron chi connectivity index (χ4n) is 4.68. The van der Waals surface area contributed by atoms with Gasteiger partial charge in [0.1, 0.15) is 12.3 Å². The molecule has 1 N–H and O–H groups in total. The van der Waals surface area contributed by atoms with Crippen LogP contribution in [0.1, 0.15) is 38.3 Å².